The van der Waals surface area contributed by atoms with Gasteiger partial charge >= 0.3 is 12.1 Å². The summed E-state index contributed by atoms with van der Waals surface area (Å²) in [6.45, 7) is 0.0235. The predicted molar refractivity (Wildman–Crippen MR) is 131 cm³/mol. The zero-order valence-electron chi connectivity index (χ0n) is 19.5. The summed E-state index contributed by atoms with van der Waals surface area (Å²) in [5.41, 5.74) is 3.86. The number of carbonyl (C=O) groups is 2. The van der Waals surface area contributed by atoms with E-state index in [1.807, 2.05) is 48.5 Å². The van der Waals surface area contributed by atoms with Crippen LogP contribution in [0.25, 0.3) is 11.1 Å². The first-order valence-corrected chi connectivity index (χ1v) is 11.4. The number of aliphatic carboxylic acids is 1. The Kier molecular flexibility index (Phi) is 7.98. The first-order chi connectivity index (χ1) is 17.8. The van der Waals surface area contributed by atoms with Crippen molar-refractivity contribution in [1.82, 2.24) is 5.32 Å². The molecule has 3 atom stereocenters. The van der Waals surface area contributed by atoms with Crippen LogP contribution in [0.2, 0.25) is 0 Å². The molecule has 2 unspecified atom stereocenters. The second kappa shape index (κ2) is 11.3. The minimum atomic E-state index is -1.34. The number of hydrogen-bond acceptors (Lipinski definition) is 8. The standard InChI is InChI=1S/C25H26N4O8/c30-24(31)22(11-12-26-21-10-9-15(28(33)34)13-23(21)29(35)36)27-25(32)37-14-20-18-7-3-1-5-16(18)17-6-2-4-8-19(17)20/h1-10,13,20,22,26,28-29,33,35H,11-12,14H2,(H,27,32)(H,30,31)/t22-/m0/s1. The van der Waals surface area contributed by atoms with Crippen molar-refractivity contribution in [2.75, 3.05) is 18.5 Å². The third-order valence-corrected chi connectivity index (χ3v) is 6.18. The molecule has 3 aromatic carbocycles. The molecule has 12 heteroatoms. The van der Waals surface area contributed by atoms with Crippen molar-refractivity contribution in [3.8, 4) is 11.1 Å². The molecule has 3 aromatic rings. The van der Waals surface area contributed by atoms with Gasteiger partial charge in [-0.1, -0.05) is 48.5 Å². The molecular weight excluding hydrogens is 484 g/mol. The highest BCUT2D eigenvalue weighted by Crippen LogP contribution is 2.44. The fourth-order valence-corrected chi connectivity index (χ4v) is 4.40. The van der Waals surface area contributed by atoms with Crippen LogP contribution in [0.4, 0.5) is 21.9 Å². The Balaban J connectivity index is 1.35. The Morgan fingerprint density at radius 3 is 2.14 bits per heavy atom. The molecule has 0 spiro atoms. The lowest BCUT2D eigenvalue weighted by atomic mass is 9.98. The van der Waals surface area contributed by atoms with Crippen LogP contribution >= 0.6 is 0 Å². The molecule has 7 N–H and O–H groups in total. The Labute approximate surface area is 211 Å². The van der Waals surface area contributed by atoms with E-state index in [0.29, 0.717) is 0 Å². The molecule has 1 amide bonds. The summed E-state index contributed by atoms with van der Waals surface area (Å²) in [6, 6.07) is 17.9. The molecule has 0 aromatic heterocycles. The average molecular weight is 511 g/mol. The van der Waals surface area contributed by atoms with Gasteiger partial charge in [0.05, 0.1) is 11.8 Å². The van der Waals surface area contributed by atoms with Crippen molar-refractivity contribution in [3.05, 3.63) is 88.3 Å². The maximum absolute atomic E-state index is 12.5. The van der Waals surface area contributed by atoms with Gasteiger partial charge in [0.1, 0.15) is 12.6 Å². The van der Waals surface area contributed by atoms with Crippen molar-refractivity contribution >= 4 is 29.1 Å². The van der Waals surface area contributed by atoms with Crippen LogP contribution in [0.1, 0.15) is 23.5 Å². The number of rotatable bonds is 10. The van der Waals surface area contributed by atoms with Gasteiger partial charge in [-0.05, 0) is 34.7 Å². The van der Waals surface area contributed by atoms with E-state index in [1.54, 1.807) is 0 Å². The lowest BCUT2D eigenvalue weighted by molar-refractivity contribution is -0.996. The fraction of sp³-hybridized carbons (Fsp3) is 0.200. The van der Waals surface area contributed by atoms with Gasteiger partial charge in [0.25, 0.3) is 0 Å². The molecule has 0 fully saturated rings. The van der Waals surface area contributed by atoms with Gasteiger partial charge in [-0.3, -0.25) is 0 Å². The third kappa shape index (κ3) is 5.86. The van der Waals surface area contributed by atoms with E-state index in [4.69, 9.17) is 9.94 Å². The van der Waals surface area contributed by atoms with E-state index in [2.05, 4.69) is 10.6 Å². The number of carboxylic acids is 1. The predicted octanol–water partition coefficient (Wildman–Crippen LogP) is 1.29. The molecule has 0 saturated carbocycles. The number of anilines is 1. The van der Waals surface area contributed by atoms with E-state index in [9.17, 15) is 30.3 Å². The number of carbonyl (C=O) groups excluding carboxylic acids is 1. The number of quaternary nitrogens is 2. The van der Waals surface area contributed by atoms with E-state index in [0.717, 1.165) is 28.3 Å². The topological polar surface area (TPSA) is 183 Å². The maximum Gasteiger partial charge on any atom is 0.407 e. The van der Waals surface area contributed by atoms with Crippen LogP contribution < -0.4 is 21.1 Å². The highest BCUT2D eigenvalue weighted by Gasteiger charge is 2.29. The van der Waals surface area contributed by atoms with Gasteiger partial charge in [-0.15, -0.1) is 0 Å². The second-order valence-electron chi connectivity index (χ2n) is 8.45. The molecule has 0 saturated heterocycles. The molecule has 1 aliphatic carbocycles. The van der Waals surface area contributed by atoms with Crippen LogP contribution in [-0.2, 0) is 9.53 Å². The van der Waals surface area contributed by atoms with E-state index < -0.39 is 28.6 Å². The van der Waals surface area contributed by atoms with Crippen molar-refractivity contribution in [3.63, 3.8) is 0 Å². The summed E-state index contributed by atoms with van der Waals surface area (Å²) in [5, 5.41) is 53.1. The third-order valence-electron chi connectivity index (χ3n) is 6.18. The number of ether oxygens (including phenoxy) is 1. The largest absolute Gasteiger partial charge is 0.595 e. The van der Waals surface area contributed by atoms with E-state index >= 15 is 0 Å². The average Bonchev–Trinajstić information content (AvgIpc) is 3.20. The second-order valence-corrected chi connectivity index (χ2v) is 8.45. The minimum absolute atomic E-state index is 0.00663. The van der Waals surface area contributed by atoms with E-state index in [1.165, 1.54) is 12.1 Å². The Bertz CT molecular complexity index is 1240. The maximum atomic E-state index is 12.5. The molecular formula is C25H26N4O8. The lowest BCUT2D eigenvalue weighted by Crippen LogP contribution is -3.00. The zero-order chi connectivity index (χ0) is 26.5. The van der Waals surface area contributed by atoms with Crippen LogP contribution in [0.5, 0.6) is 0 Å². The highest BCUT2D eigenvalue weighted by atomic mass is 16.8. The summed E-state index contributed by atoms with van der Waals surface area (Å²) >= 11 is 0. The summed E-state index contributed by atoms with van der Waals surface area (Å²) in [6.07, 6.45) is -0.967. The smallest absolute Gasteiger partial charge is 0.407 e. The van der Waals surface area contributed by atoms with Gasteiger partial charge < -0.3 is 30.9 Å². The van der Waals surface area contributed by atoms with Gasteiger partial charge in [0, 0.05) is 18.5 Å². The number of alkyl carbamates (subject to hydrolysis) is 1. The van der Waals surface area contributed by atoms with Gasteiger partial charge in [0.15, 0.2) is 11.4 Å². The number of hydrogen-bond donors (Lipinski definition) is 7. The summed E-state index contributed by atoms with van der Waals surface area (Å²) in [7, 11) is 0. The highest BCUT2D eigenvalue weighted by molar-refractivity contribution is 5.81. The quantitative estimate of drug-likeness (QED) is 0.198. The Morgan fingerprint density at radius 2 is 1.57 bits per heavy atom. The first kappa shape index (κ1) is 26.0. The molecule has 0 aliphatic heterocycles. The van der Waals surface area contributed by atoms with Gasteiger partial charge in [-0.25, -0.2) is 20.0 Å². The fourth-order valence-electron chi connectivity index (χ4n) is 4.40. The van der Waals surface area contributed by atoms with Crippen LogP contribution in [0, 0.1) is 10.4 Å². The summed E-state index contributed by atoms with van der Waals surface area (Å²) in [5.74, 6) is -1.46. The molecule has 4 rings (SSSR count). The van der Waals surface area contributed by atoms with Crippen LogP contribution in [0.3, 0.4) is 0 Å². The normalized spacial score (nSPS) is 14.7. The number of fused-ring (bicyclic) bond motifs is 3. The Hall–Kier alpha value is -4.04. The van der Waals surface area contributed by atoms with Crippen molar-refractivity contribution in [2.24, 2.45) is 0 Å². The van der Waals surface area contributed by atoms with E-state index in [-0.39, 0.29) is 42.6 Å². The molecule has 194 valence electrons. The molecule has 0 bridgehead atoms. The minimum Gasteiger partial charge on any atom is -0.595 e. The van der Waals surface area contributed by atoms with Crippen LogP contribution in [-0.4, -0.2) is 46.8 Å². The van der Waals surface area contributed by atoms with Gasteiger partial charge in [0.2, 0.25) is 0 Å². The number of benzene rings is 3. The van der Waals surface area contributed by atoms with Crippen molar-refractivity contribution in [2.45, 2.75) is 18.4 Å². The van der Waals surface area contributed by atoms with Gasteiger partial charge in [-0.2, -0.15) is 10.5 Å². The number of nitrogens with one attached hydrogen (secondary N) is 4. The van der Waals surface area contributed by atoms with Crippen molar-refractivity contribution < 1.29 is 40.3 Å². The SMILES string of the molecule is O=C(N[C@@H](CCNc1ccc([NH+]([O-])O)cc1[NH+]([O-])O)C(=O)O)OCC1c2ccccc2-c2ccccc21. The molecule has 1 aliphatic rings. The zero-order valence-corrected chi connectivity index (χ0v) is 19.5. The number of carboxylic acid groups (broad SMARTS) is 1. The number of amides is 1. The van der Waals surface area contributed by atoms with Crippen molar-refractivity contribution in [1.29, 1.82) is 0 Å². The summed E-state index contributed by atoms with van der Waals surface area (Å²) in [4.78, 5) is 24.2. The lowest BCUT2D eigenvalue weighted by Gasteiger charge is -2.20. The summed E-state index contributed by atoms with van der Waals surface area (Å²) < 4.78 is 5.40. The Morgan fingerprint density at radius 1 is 0.946 bits per heavy atom. The first-order valence-electron chi connectivity index (χ1n) is 11.4. The van der Waals surface area contributed by atoms with Crippen LogP contribution in [0.15, 0.2) is 66.7 Å². The molecule has 12 nitrogen and oxygen atoms in total. The molecule has 37 heavy (non-hydrogen) atoms. The molecule has 0 radical (unpaired) electrons. The molecule has 0 heterocycles. The monoisotopic (exact) mass is 510 g/mol.